The smallest absolute Gasteiger partial charge is 0.159 e. The van der Waals surface area contributed by atoms with Crippen molar-refractivity contribution in [3.05, 3.63) is 277 Å². The standard InChI is InChI=1S/C60H45N3/c1-3-5-19-43(4-2)59-61-41-40-56(62-59)48-24-17-27-50(42-48)60(49-25-13-8-14-26-49)54-29-16-15-28-53(54)58-55(60)30-18-31-57(58)63(51-36-32-46(33-37-51)44-20-9-6-10-21-44)52-38-34-47(35-39-52)45-22-11-7-12-23-45/h3-42H,1H2,2H3/b19-5-,43-4+. The molecule has 0 amide bonds. The lowest BCUT2D eigenvalue weighted by Crippen LogP contribution is -2.28. The molecule has 3 heteroatoms. The van der Waals surface area contributed by atoms with Crippen molar-refractivity contribution in [2.75, 3.05) is 4.90 Å². The van der Waals surface area contributed by atoms with Crippen LogP contribution in [0, 0.1) is 0 Å². The number of allylic oxidation sites excluding steroid dienone is 5. The molecule has 0 N–H and O–H groups in total. The molecule has 0 radical (unpaired) electrons. The molecule has 1 atom stereocenters. The minimum absolute atomic E-state index is 0.643. The van der Waals surface area contributed by atoms with Crippen molar-refractivity contribution >= 4 is 22.6 Å². The van der Waals surface area contributed by atoms with Gasteiger partial charge in [-0.3, -0.25) is 0 Å². The van der Waals surface area contributed by atoms with Crippen LogP contribution in [-0.2, 0) is 5.41 Å². The predicted molar refractivity (Wildman–Crippen MR) is 263 cm³/mol. The van der Waals surface area contributed by atoms with Gasteiger partial charge in [0.25, 0.3) is 0 Å². The summed E-state index contributed by atoms with van der Waals surface area (Å²) in [5.74, 6) is 0.672. The van der Waals surface area contributed by atoms with E-state index < -0.39 is 5.41 Å². The molecule has 0 spiro atoms. The van der Waals surface area contributed by atoms with E-state index in [1.807, 2.05) is 37.4 Å². The summed E-state index contributed by atoms with van der Waals surface area (Å²) >= 11 is 0. The highest BCUT2D eigenvalue weighted by Gasteiger charge is 2.47. The summed E-state index contributed by atoms with van der Waals surface area (Å²) in [4.78, 5) is 12.2. The van der Waals surface area contributed by atoms with Crippen LogP contribution >= 0.6 is 0 Å². The van der Waals surface area contributed by atoms with Crippen LogP contribution in [0.4, 0.5) is 17.1 Å². The number of fused-ring (bicyclic) bond motifs is 3. The van der Waals surface area contributed by atoms with Gasteiger partial charge in [-0.25, -0.2) is 9.97 Å². The summed E-state index contributed by atoms with van der Waals surface area (Å²) in [5.41, 5.74) is 17.4. The third-order valence-electron chi connectivity index (χ3n) is 12.2. The second-order valence-electron chi connectivity index (χ2n) is 15.7. The number of nitrogens with zero attached hydrogens (tertiary/aromatic N) is 3. The molecule has 8 aromatic carbocycles. The largest absolute Gasteiger partial charge is 0.310 e. The van der Waals surface area contributed by atoms with Crippen LogP contribution in [0.15, 0.2) is 249 Å². The quantitative estimate of drug-likeness (QED) is 0.122. The molecule has 9 aromatic rings. The first-order valence-electron chi connectivity index (χ1n) is 21.5. The van der Waals surface area contributed by atoms with Gasteiger partial charge in [0.05, 0.1) is 16.8 Å². The van der Waals surface area contributed by atoms with E-state index in [1.165, 1.54) is 55.6 Å². The van der Waals surface area contributed by atoms with Crippen LogP contribution < -0.4 is 4.90 Å². The molecule has 1 unspecified atom stereocenters. The van der Waals surface area contributed by atoms with Gasteiger partial charge >= 0.3 is 0 Å². The number of hydrogen-bond donors (Lipinski definition) is 0. The lowest BCUT2D eigenvalue weighted by molar-refractivity contribution is 0.768. The van der Waals surface area contributed by atoms with E-state index in [0.29, 0.717) is 5.82 Å². The first kappa shape index (κ1) is 39.0. The van der Waals surface area contributed by atoms with Gasteiger partial charge in [0, 0.05) is 34.3 Å². The molecule has 0 aliphatic heterocycles. The zero-order chi connectivity index (χ0) is 42.6. The summed E-state index contributed by atoms with van der Waals surface area (Å²) in [6.07, 6.45) is 9.56. The van der Waals surface area contributed by atoms with Crippen LogP contribution in [0.2, 0.25) is 0 Å². The van der Waals surface area contributed by atoms with Gasteiger partial charge in [-0.05, 0) is 99.5 Å². The van der Waals surface area contributed by atoms with Crippen molar-refractivity contribution in [3.8, 4) is 44.6 Å². The second-order valence-corrected chi connectivity index (χ2v) is 15.7. The number of rotatable bonds is 11. The molecule has 63 heavy (non-hydrogen) atoms. The molecule has 1 aliphatic carbocycles. The van der Waals surface area contributed by atoms with Crippen LogP contribution in [0.25, 0.3) is 50.2 Å². The highest BCUT2D eigenvalue weighted by atomic mass is 15.1. The SMILES string of the molecule is C=C/C=C\C(=C/C)c1nccc(-c2cccc(C3(c4ccccc4)c4ccccc4-c4c(N(c5ccc(-c6ccccc6)cc5)c5ccc(-c6ccccc6)cc5)cccc43)c2)n1. The van der Waals surface area contributed by atoms with Crippen molar-refractivity contribution in [1.29, 1.82) is 0 Å². The summed E-state index contributed by atoms with van der Waals surface area (Å²) < 4.78 is 0. The summed E-state index contributed by atoms with van der Waals surface area (Å²) in [6, 6.07) is 76.9. The molecule has 0 saturated carbocycles. The van der Waals surface area contributed by atoms with E-state index >= 15 is 0 Å². The van der Waals surface area contributed by atoms with Gasteiger partial charge in [-0.2, -0.15) is 0 Å². The average Bonchev–Trinajstić information content (AvgIpc) is 3.67. The Bertz CT molecular complexity index is 3030. The maximum Gasteiger partial charge on any atom is 0.159 e. The van der Waals surface area contributed by atoms with Crippen molar-refractivity contribution in [3.63, 3.8) is 0 Å². The van der Waals surface area contributed by atoms with Crippen LogP contribution in [0.3, 0.4) is 0 Å². The Balaban J connectivity index is 1.19. The molecule has 3 nitrogen and oxygen atoms in total. The number of aromatic nitrogens is 2. The predicted octanol–water partition coefficient (Wildman–Crippen LogP) is 15.5. The monoisotopic (exact) mass is 807 g/mol. The minimum Gasteiger partial charge on any atom is -0.310 e. The molecule has 300 valence electrons. The molecule has 10 rings (SSSR count). The molecular formula is C60H45N3. The molecule has 1 aromatic heterocycles. The van der Waals surface area contributed by atoms with Crippen molar-refractivity contribution in [2.45, 2.75) is 12.3 Å². The van der Waals surface area contributed by atoms with Crippen molar-refractivity contribution < 1.29 is 0 Å². The minimum atomic E-state index is -0.643. The van der Waals surface area contributed by atoms with E-state index in [-0.39, 0.29) is 0 Å². The van der Waals surface area contributed by atoms with Gasteiger partial charge in [-0.1, -0.05) is 201 Å². The third kappa shape index (κ3) is 7.10. The molecule has 1 heterocycles. The zero-order valence-electron chi connectivity index (χ0n) is 35.1. The fourth-order valence-corrected chi connectivity index (χ4v) is 9.31. The fourth-order valence-electron chi connectivity index (χ4n) is 9.31. The van der Waals surface area contributed by atoms with Gasteiger partial charge in [-0.15, -0.1) is 0 Å². The number of anilines is 3. The molecule has 0 saturated heterocycles. The average molecular weight is 808 g/mol. The lowest BCUT2D eigenvalue weighted by atomic mass is 9.67. The number of hydrogen-bond acceptors (Lipinski definition) is 3. The van der Waals surface area contributed by atoms with E-state index in [0.717, 1.165) is 33.9 Å². The summed E-state index contributed by atoms with van der Waals surface area (Å²) in [7, 11) is 0. The highest BCUT2D eigenvalue weighted by Crippen LogP contribution is 2.59. The first-order chi connectivity index (χ1) is 31.2. The van der Waals surface area contributed by atoms with E-state index in [4.69, 9.17) is 4.98 Å². The molecule has 1 aliphatic rings. The maximum absolute atomic E-state index is 5.10. The van der Waals surface area contributed by atoms with Crippen LogP contribution in [0.5, 0.6) is 0 Å². The van der Waals surface area contributed by atoms with Gasteiger partial charge in [0.15, 0.2) is 5.82 Å². The Morgan fingerprint density at radius 1 is 0.524 bits per heavy atom. The number of benzene rings is 8. The Hall–Kier alpha value is -8.14. The van der Waals surface area contributed by atoms with Crippen molar-refractivity contribution in [2.24, 2.45) is 0 Å². The fraction of sp³-hybridized carbons (Fsp3) is 0.0333. The normalized spacial score (nSPS) is 14.3. The van der Waals surface area contributed by atoms with Gasteiger partial charge in [0.1, 0.15) is 0 Å². The van der Waals surface area contributed by atoms with Crippen molar-refractivity contribution in [1.82, 2.24) is 9.97 Å². The Kier molecular flexibility index (Phi) is 10.6. The van der Waals surface area contributed by atoms with Crippen LogP contribution in [-0.4, -0.2) is 9.97 Å². The second kappa shape index (κ2) is 17.1. The van der Waals surface area contributed by atoms with E-state index in [2.05, 4.69) is 223 Å². The molecular weight excluding hydrogens is 763 g/mol. The molecule has 0 fully saturated rings. The van der Waals surface area contributed by atoms with Gasteiger partial charge in [0.2, 0.25) is 0 Å². The Morgan fingerprint density at radius 3 is 1.70 bits per heavy atom. The highest BCUT2D eigenvalue weighted by molar-refractivity contribution is 5.98. The summed E-state index contributed by atoms with van der Waals surface area (Å²) in [6.45, 7) is 5.86. The van der Waals surface area contributed by atoms with Gasteiger partial charge < -0.3 is 4.90 Å². The Labute approximate surface area is 370 Å². The topological polar surface area (TPSA) is 29.0 Å². The lowest BCUT2D eigenvalue weighted by Gasteiger charge is -2.35. The molecule has 0 bridgehead atoms. The zero-order valence-corrected chi connectivity index (χ0v) is 35.1. The third-order valence-corrected chi connectivity index (χ3v) is 12.2. The van der Waals surface area contributed by atoms with E-state index in [9.17, 15) is 0 Å². The summed E-state index contributed by atoms with van der Waals surface area (Å²) in [5, 5.41) is 0. The Morgan fingerprint density at radius 2 is 1.06 bits per heavy atom. The first-order valence-corrected chi connectivity index (χ1v) is 21.5. The maximum atomic E-state index is 5.10. The van der Waals surface area contributed by atoms with E-state index in [1.54, 1.807) is 6.08 Å². The van der Waals surface area contributed by atoms with Crippen LogP contribution in [0.1, 0.15) is 35.0 Å².